The van der Waals surface area contributed by atoms with Gasteiger partial charge in [-0.1, -0.05) is 79.6 Å². The summed E-state index contributed by atoms with van der Waals surface area (Å²) in [6.07, 6.45) is 0. The summed E-state index contributed by atoms with van der Waals surface area (Å²) >= 11 is 0. The molecular formula is C31H39N3O4S. The highest BCUT2D eigenvalue weighted by Gasteiger charge is 2.33. The van der Waals surface area contributed by atoms with Crippen LogP contribution in [0.15, 0.2) is 77.7 Å². The van der Waals surface area contributed by atoms with Gasteiger partial charge in [0, 0.05) is 13.1 Å². The quantitative estimate of drug-likeness (QED) is 0.365. The third kappa shape index (κ3) is 7.69. The van der Waals surface area contributed by atoms with Crippen LogP contribution in [0.5, 0.6) is 0 Å². The second-order valence-corrected chi connectivity index (χ2v) is 12.3. The maximum atomic E-state index is 14.0. The lowest BCUT2D eigenvalue weighted by molar-refractivity contribution is -0.139. The number of amides is 2. The van der Waals surface area contributed by atoms with Gasteiger partial charge in [0.1, 0.15) is 12.6 Å². The molecule has 39 heavy (non-hydrogen) atoms. The normalized spacial score (nSPS) is 12.2. The van der Waals surface area contributed by atoms with E-state index < -0.39 is 28.5 Å². The van der Waals surface area contributed by atoms with E-state index in [1.165, 1.54) is 17.0 Å². The highest BCUT2D eigenvalue weighted by atomic mass is 32.2. The molecule has 3 aromatic rings. The summed E-state index contributed by atoms with van der Waals surface area (Å²) in [6, 6.07) is 20.4. The Morgan fingerprint density at radius 2 is 1.46 bits per heavy atom. The Labute approximate surface area is 232 Å². The molecule has 8 heteroatoms. The Morgan fingerprint density at radius 3 is 2.05 bits per heavy atom. The zero-order chi connectivity index (χ0) is 28.7. The largest absolute Gasteiger partial charge is 0.354 e. The van der Waals surface area contributed by atoms with Crippen LogP contribution in [0.4, 0.5) is 5.69 Å². The second-order valence-electron chi connectivity index (χ2n) is 10.4. The van der Waals surface area contributed by atoms with Crippen LogP contribution in [0.1, 0.15) is 43.0 Å². The van der Waals surface area contributed by atoms with Crippen molar-refractivity contribution in [3.63, 3.8) is 0 Å². The fraction of sp³-hybridized carbons (Fsp3) is 0.355. The molecule has 0 aromatic heterocycles. The van der Waals surface area contributed by atoms with Gasteiger partial charge in [0.05, 0.1) is 10.6 Å². The summed E-state index contributed by atoms with van der Waals surface area (Å²) in [7, 11) is -4.08. The van der Waals surface area contributed by atoms with Gasteiger partial charge in [-0.25, -0.2) is 8.42 Å². The first-order chi connectivity index (χ1) is 18.4. The molecule has 0 unspecified atom stereocenters. The van der Waals surface area contributed by atoms with E-state index in [2.05, 4.69) is 5.32 Å². The summed E-state index contributed by atoms with van der Waals surface area (Å²) in [5.74, 6) is -0.506. The van der Waals surface area contributed by atoms with Crippen molar-refractivity contribution in [2.24, 2.45) is 5.92 Å². The van der Waals surface area contributed by atoms with Crippen LogP contribution in [-0.2, 0) is 26.2 Å². The lowest BCUT2D eigenvalue weighted by Gasteiger charge is -2.32. The number of carbonyl (C=O) groups is 2. The Kier molecular flexibility index (Phi) is 9.92. The zero-order valence-corrected chi connectivity index (χ0v) is 24.5. The van der Waals surface area contributed by atoms with Crippen LogP contribution in [0.25, 0.3) is 0 Å². The van der Waals surface area contributed by atoms with E-state index in [-0.39, 0.29) is 23.3 Å². The van der Waals surface area contributed by atoms with E-state index in [1.54, 1.807) is 31.2 Å². The molecule has 1 atom stereocenters. The van der Waals surface area contributed by atoms with Crippen molar-refractivity contribution < 1.29 is 18.0 Å². The van der Waals surface area contributed by atoms with Gasteiger partial charge < -0.3 is 10.2 Å². The number of benzene rings is 3. The standard InChI is InChI=1S/C31H39N3O4S/c1-22(2)19-32-31(36)26(6)33(20-27-15-12-23(3)13-16-27)30(35)21-34(29-17-14-24(4)18-25(29)5)39(37,38)28-10-8-7-9-11-28/h7-18,22,26H,19-21H2,1-6H3,(H,32,36)/t26-/m1/s1. The number of hydrogen-bond donors (Lipinski definition) is 1. The molecule has 7 nitrogen and oxygen atoms in total. The van der Waals surface area contributed by atoms with E-state index in [9.17, 15) is 18.0 Å². The van der Waals surface area contributed by atoms with Gasteiger partial charge in [0.25, 0.3) is 10.0 Å². The number of sulfonamides is 1. The summed E-state index contributed by atoms with van der Waals surface area (Å²) in [4.78, 5) is 28.6. The minimum Gasteiger partial charge on any atom is -0.354 e. The maximum absolute atomic E-state index is 14.0. The van der Waals surface area contributed by atoms with Crippen molar-refractivity contribution >= 4 is 27.5 Å². The Hall–Kier alpha value is -3.65. The number of hydrogen-bond acceptors (Lipinski definition) is 4. The average Bonchev–Trinajstić information content (AvgIpc) is 2.90. The number of aryl methyl sites for hydroxylation is 3. The lowest BCUT2D eigenvalue weighted by atomic mass is 10.1. The van der Waals surface area contributed by atoms with Crippen LogP contribution in [0, 0.1) is 26.7 Å². The Bertz CT molecular complexity index is 1390. The van der Waals surface area contributed by atoms with Gasteiger partial charge in [-0.2, -0.15) is 0 Å². The SMILES string of the molecule is Cc1ccc(CN(C(=O)CN(c2ccc(C)cc2C)S(=O)(=O)c2ccccc2)[C@H](C)C(=O)NCC(C)C)cc1. The maximum Gasteiger partial charge on any atom is 0.264 e. The van der Waals surface area contributed by atoms with Crippen molar-refractivity contribution in [2.45, 2.75) is 59.0 Å². The summed E-state index contributed by atoms with van der Waals surface area (Å²) in [5, 5.41) is 2.90. The van der Waals surface area contributed by atoms with Crippen molar-refractivity contribution in [3.05, 3.63) is 95.1 Å². The minimum atomic E-state index is -4.08. The van der Waals surface area contributed by atoms with Gasteiger partial charge >= 0.3 is 0 Å². The molecule has 208 valence electrons. The van der Waals surface area contributed by atoms with Crippen molar-refractivity contribution in [1.82, 2.24) is 10.2 Å². The molecule has 3 rings (SSSR count). The van der Waals surface area contributed by atoms with Crippen molar-refractivity contribution in [2.75, 3.05) is 17.4 Å². The van der Waals surface area contributed by atoms with Crippen molar-refractivity contribution in [3.8, 4) is 0 Å². The third-order valence-electron chi connectivity index (χ3n) is 6.56. The third-order valence-corrected chi connectivity index (χ3v) is 8.33. The number of carbonyl (C=O) groups excluding carboxylic acids is 2. The summed E-state index contributed by atoms with van der Waals surface area (Å²) in [6.45, 7) is 11.6. The number of nitrogens with zero attached hydrogens (tertiary/aromatic N) is 2. The fourth-order valence-corrected chi connectivity index (χ4v) is 5.74. The molecule has 0 spiro atoms. The molecule has 0 bridgehead atoms. The molecule has 0 saturated heterocycles. The van der Waals surface area contributed by atoms with E-state index in [1.807, 2.05) is 71.0 Å². The number of nitrogens with one attached hydrogen (secondary N) is 1. The predicted octanol–water partition coefficient (Wildman–Crippen LogP) is 5.00. The van der Waals surface area contributed by atoms with Gasteiger partial charge in [-0.05, 0) is 62.9 Å². The smallest absolute Gasteiger partial charge is 0.264 e. The van der Waals surface area contributed by atoms with Gasteiger partial charge in [-0.15, -0.1) is 0 Å². The molecule has 0 aliphatic carbocycles. The number of rotatable bonds is 11. The predicted molar refractivity (Wildman–Crippen MR) is 156 cm³/mol. The topological polar surface area (TPSA) is 86.8 Å². The van der Waals surface area contributed by atoms with Crippen molar-refractivity contribution in [1.29, 1.82) is 0 Å². The van der Waals surface area contributed by atoms with E-state index in [0.717, 1.165) is 26.6 Å². The van der Waals surface area contributed by atoms with Gasteiger partial charge in [-0.3, -0.25) is 13.9 Å². The molecule has 1 N–H and O–H groups in total. The molecule has 0 aliphatic rings. The molecule has 0 saturated carbocycles. The first-order valence-electron chi connectivity index (χ1n) is 13.2. The highest BCUT2D eigenvalue weighted by Crippen LogP contribution is 2.28. The molecule has 0 radical (unpaired) electrons. The van der Waals surface area contributed by atoms with E-state index in [4.69, 9.17) is 0 Å². The highest BCUT2D eigenvalue weighted by molar-refractivity contribution is 7.92. The number of anilines is 1. The molecule has 0 aliphatic heterocycles. The Morgan fingerprint density at radius 1 is 0.846 bits per heavy atom. The zero-order valence-electron chi connectivity index (χ0n) is 23.6. The molecule has 3 aromatic carbocycles. The second kappa shape index (κ2) is 12.9. The fourth-order valence-electron chi connectivity index (χ4n) is 4.24. The molecule has 0 fully saturated rings. The monoisotopic (exact) mass is 549 g/mol. The molecule has 0 heterocycles. The van der Waals surface area contributed by atoms with Crippen LogP contribution in [0.2, 0.25) is 0 Å². The van der Waals surface area contributed by atoms with Crippen LogP contribution >= 0.6 is 0 Å². The van der Waals surface area contributed by atoms with Gasteiger partial charge in [0.15, 0.2) is 0 Å². The average molecular weight is 550 g/mol. The van der Waals surface area contributed by atoms with Crippen LogP contribution < -0.4 is 9.62 Å². The van der Waals surface area contributed by atoms with Crippen LogP contribution in [0.3, 0.4) is 0 Å². The van der Waals surface area contributed by atoms with Crippen LogP contribution in [-0.4, -0.2) is 44.3 Å². The Balaban J connectivity index is 2.03. The summed E-state index contributed by atoms with van der Waals surface area (Å²) < 4.78 is 28.9. The molecular weight excluding hydrogens is 510 g/mol. The lowest BCUT2D eigenvalue weighted by Crippen LogP contribution is -2.51. The summed E-state index contributed by atoms with van der Waals surface area (Å²) in [5.41, 5.74) is 4.06. The first kappa shape index (κ1) is 29.9. The minimum absolute atomic E-state index is 0.0885. The van der Waals surface area contributed by atoms with E-state index in [0.29, 0.717) is 12.2 Å². The first-order valence-corrected chi connectivity index (χ1v) is 14.6. The molecule has 2 amide bonds. The van der Waals surface area contributed by atoms with Gasteiger partial charge in [0.2, 0.25) is 11.8 Å². The van der Waals surface area contributed by atoms with E-state index >= 15 is 0 Å².